The van der Waals surface area contributed by atoms with E-state index in [1.54, 1.807) is 6.07 Å². The molecule has 1 N–H and O–H groups in total. The lowest BCUT2D eigenvalue weighted by Crippen LogP contribution is -2.11. The predicted octanol–water partition coefficient (Wildman–Crippen LogP) is 4.13. The van der Waals surface area contributed by atoms with E-state index in [1.165, 1.54) is 5.56 Å². The van der Waals surface area contributed by atoms with Crippen LogP contribution < -0.4 is 0 Å². The number of rotatable bonds is 5. The Hall–Kier alpha value is -2.00. The lowest BCUT2D eigenvalue weighted by molar-refractivity contribution is 0.0859. The number of benzene rings is 2. The van der Waals surface area contributed by atoms with Gasteiger partial charge >= 0.3 is 0 Å². The second-order valence-corrected chi connectivity index (χ2v) is 5.41. The van der Waals surface area contributed by atoms with Crippen LogP contribution >= 0.6 is 12.4 Å². The molecule has 4 heteroatoms. The second kappa shape index (κ2) is 7.85. The first-order valence-corrected chi connectivity index (χ1v) is 7.33. The maximum absolute atomic E-state index is 9.76. The van der Waals surface area contributed by atoms with Crippen molar-refractivity contribution in [2.45, 2.75) is 31.8 Å². The van der Waals surface area contributed by atoms with Crippen molar-refractivity contribution in [2.24, 2.45) is 5.16 Å². The SMILES string of the molecule is Cl.Oc1ccccc1CCC1=NOC(Cc2ccccc2)C1. The molecule has 0 aromatic heterocycles. The summed E-state index contributed by atoms with van der Waals surface area (Å²) in [5.41, 5.74) is 3.32. The van der Waals surface area contributed by atoms with Crippen LogP contribution in [0.1, 0.15) is 24.0 Å². The van der Waals surface area contributed by atoms with Crippen LogP contribution in [0.25, 0.3) is 0 Å². The summed E-state index contributed by atoms with van der Waals surface area (Å²) in [4.78, 5) is 5.51. The summed E-state index contributed by atoms with van der Waals surface area (Å²) in [5, 5.41) is 14.0. The van der Waals surface area contributed by atoms with E-state index >= 15 is 0 Å². The van der Waals surface area contributed by atoms with Gasteiger partial charge in [-0.25, -0.2) is 0 Å². The summed E-state index contributed by atoms with van der Waals surface area (Å²) in [5.74, 6) is 0.359. The van der Waals surface area contributed by atoms with Crippen molar-refractivity contribution >= 4 is 18.1 Å². The maximum Gasteiger partial charge on any atom is 0.136 e. The van der Waals surface area contributed by atoms with Crippen LogP contribution in [0.4, 0.5) is 0 Å². The van der Waals surface area contributed by atoms with Crippen molar-refractivity contribution in [3.05, 3.63) is 65.7 Å². The first-order valence-electron chi connectivity index (χ1n) is 7.33. The minimum absolute atomic E-state index is 0. The molecule has 116 valence electrons. The predicted molar refractivity (Wildman–Crippen MR) is 90.7 cm³/mol. The molecular formula is C18H20ClNO2. The van der Waals surface area contributed by atoms with Gasteiger partial charge in [-0.05, 0) is 30.0 Å². The monoisotopic (exact) mass is 317 g/mol. The summed E-state index contributed by atoms with van der Waals surface area (Å²) >= 11 is 0. The Morgan fingerprint density at radius 2 is 1.73 bits per heavy atom. The summed E-state index contributed by atoms with van der Waals surface area (Å²) in [6.07, 6.45) is 3.55. The Morgan fingerprint density at radius 1 is 1.00 bits per heavy atom. The average molecular weight is 318 g/mol. The van der Waals surface area contributed by atoms with Gasteiger partial charge in [-0.2, -0.15) is 0 Å². The largest absolute Gasteiger partial charge is 0.508 e. The highest BCUT2D eigenvalue weighted by atomic mass is 35.5. The Morgan fingerprint density at radius 3 is 2.50 bits per heavy atom. The van der Waals surface area contributed by atoms with E-state index in [1.807, 2.05) is 36.4 Å². The zero-order valence-corrected chi connectivity index (χ0v) is 13.1. The maximum atomic E-state index is 9.76. The fraction of sp³-hybridized carbons (Fsp3) is 0.278. The summed E-state index contributed by atoms with van der Waals surface area (Å²) in [7, 11) is 0. The van der Waals surface area contributed by atoms with Gasteiger partial charge in [0.25, 0.3) is 0 Å². The number of halogens is 1. The average Bonchev–Trinajstić information content (AvgIpc) is 2.95. The number of oxime groups is 1. The van der Waals surface area contributed by atoms with Crippen LogP contribution in [0.3, 0.4) is 0 Å². The molecule has 2 aromatic rings. The van der Waals surface area contributed by atoms with Crippen molar-refractivity contribution < 1.29 is 9.94 Å². The molecule has 1 unspecified atom stereocenters. The second-order valence-electron chi connectivity index (χ2n) is 5.41. The van der Waals surface area contributed by atoms with Crippen LogP contribution in [0.2, 0.25) is 0 Å². The van der Waals surface area contributed by atoms with Gasteiger partial charge in [0.2, 0.25) is 0 Å². The molecule has 3 nitrogen and oxygen atoms in total. The van der Waals surface area contributed by atoms with E-state index in [0.29, 0.717) is 5.75 Å². The number of aromatic hydroxyl groups is 1. The molecule has 0 saturated heterocycles. The minimum atomic E-state index is 0. The van der Waals surface area contributed by atoms with Crippen LogP contribution in [0.15, 0.2) is 59.8 Å². The van der Waals surface area contributed by atoms with E-state index in [9.17, 15) is 5.11 Å². The Balaban J connectivity index is 0.00000176. The molecule has 1 aliphatic heterocycles. The van der Waals surface area contributed by atoms with Crippen LogP contribution in [0.5, 0.6) is 5.75 Å². The minimum Gasteiger partial charge on any atom is -0.508 e. The third kappa shape index (κ3) is 4.25. The van der Waals surface area contributed by atoms with Gasteiger partial charge in [0.15, 0.2) is 0 Å². The molecule has 0 fully saturated rings. The molecule has 1 heterocycles. The number of nitrogens with zero attached hydrogens (tertiary/aromatic N) is 1. The van der Waals surface area contributed by atoms with Gasteiger partial charge in [0.1, 0.15) is 11.9 Å². The normalized spacial score (nSPS) is 16.5. The molecule has 0 spiro atoms. The quantitative estimate of drug-likeness (QED) is 0.900. The molecule has 0 amide bonds. The van der Waals surface area contributed by atoms with Crippen molar-refractivity contribution in [3.63, 3.8) is 0 Å². The van der Waals surface area contributed by atoms with Gasteiger partial charge in [-0.3, -0.25) is 0 Å². The Labute approximate surface area is 137 Å². The number of phenolic OH excluding ortho intramolecular Hbond substituents is 1. The number of para-hydroxylation sites is 1. The molecule has 2 aromatic carbocycles. The van der Waals surface area contributed by atoms with Gasteiger partial charge in [0, 0.05) is 12.8 Å². The van der Waals surface area contributed by atoms with Crippen molar-refractivity contribution in [2.75, 3.05) is 0 Å². The standard InChI is InChI=1S/C18H19NO2.ClH/c20-18-9-5-4-8-15(18)10-11-16-13-17(21-19-16)12-14-6-2-1-3-7-14;/h1-9,17,20H,10-13H2;1H. The van der Waals surface area contributed by atoms with E-state index in [4.69, 9.17) is 4.84 Å². The van der Waals surface area contributed by atoms with Crippen LogP contribution in [0, 0.1) is 0 Å². The summed E-state index contributed by atoms with van der Waals surface area (Å²) in [6, 6.07) is 17.8. The topological polar surface area (TPSA) is 41.8 Å². The van der Waals surface area contributed by atoms with Crippen molar-refractivity contribution in [3.8, 4) is 5.75 Å². The highest BCUT2D eigenvalue weighted by Gasteiger charge is 2.21. The van der Waals surface area contributed by atoms with E-state index in [-0.39, 0.29) is 18.5 Å². The number of hydrogen-bond acceptors (Lipinski definition) is 3. The van der Waals surface area contributed by atoms with Gasteiger partial charge in [-0.15, -0.1) is 12.4 Å². The molecular weight excluding hydrogens is 298 g/mol. The van der Waals surface area contributed by atoms with Crippen molar-refractivity contribution in [1.29, 1.82) is 0 Å². The first kappa shape index (κ1) is 16.4. The van der Waals surface area contributed by atoms with E-state index < -0.39 is 0 Å². The van der Waals surface area contributed by atoms with Gasteiger partial charge in [0.05, 0.1) is 5.71 Å². The first-order chi connectivity index (χ1) is 10.3. The van der Waals surface area contributed by atoms with Gasteiger partial charge in [-0.1, -0.05) is 53.7 Å². The fourth-order valence-electron chi connectivity index (χ4n) is 2.62. The summed E-state index contributed by atoms with van der Waals surface area (Å²) in [6.45, 7) is 0. The molecule has 1 atom stereocenters. The fourth-order valence-corrected chi connectivity index (χ4v) is 2.62. The smallest absolute Gasteiger partial charge is 0.136 e. The van der Waals surface area contributed by atoms with Crippen LogP contribution in [-0.4, -0.2) is 16.9 Å². The van der Waals surface area contributed by atoms with E-state index in [0.717, 1.165) is 37.0 Å². The molecule has 3 rings (SSSR count). The number of hydrogen-bond donors (Lipinski definition) is 1. The third-order valence-corrected chi connectivity index (χ3v) is 3.77. The number of phenols is 1. The number of aryl methyl sites for hydroxylation is 1. The molecule has 1 aliphatic rings. The summed E-state index contributed by atoms with van der Waals surface area (Å²) < 4.78 is 0. The highest BCUT2D eigenvalue weighted by Crippen LogP contribution is 2.21. The van der Waals surface area contributed by atoms with Crippen molar-refractivity contribution in [1.82, 2.24) is 0 Å². The lowest BCUT2D eigenvalue weighted by Gasteiger charge is -2.07. The molecule has 0 saturated carbocycles. The molecule has 22 heavy (non-hydrogen) atoms. The highest BCUT2D eigenvalue weighted by molar-refractivity contribution is 5.86. The zero-order chi connectivity index (χ0) is 14.5. The van der Waals surface area contributed by atoms with Crippen LogP contribution in [-0.2, 0) is 17.7 Å². The lowest BCUT2D eigenvalue weighted by atomic mass is 10.00. The molecule has 0 aliphatic carbocycles. The molecule has 0 radical (unpaired) electrons. The molecule has 0 bridgehead atoms. The third-order valence-electron chi connectivity index (χ3n) is 3.77. The van der Waals surface area contributed by atoms with E-state index in [2.05, 4.69) is 17.3 Å². The van der Waals surface area contributed by atoms with Gasteiger partial charge < -0.3 is 9.94 Å². The Kier molecular flexibility index (Phi) is 5.84. The Bertz CT molecular complexity index is 628. The zero-order valence-electron chi connectivity index (χ0n) is 12.3.